The summed E-state index contributed by atoms with van der Waals surface area (Å²) in [5, 5.41) is 8.81. The average molecular weight is 329 g/mol. The predicted molar refractivity (Wildman–Crippen MR) is 76.4 cm³/mol. The molecule has 0 saturated heterocycles. The number of thiophene rings is 1. The van der Waals surface area contributed by atoms with E-state index in [1.54, 1.807) is 6.92 Å². The zero-order chi connectivity index (χ0) is 15.6. The molecule has 8 heteroatoms. The van der Waals surface area contributed by atoms with Gasteiger partial charge in [0.2, 0.25) is 0 Å². The number of rotatable bonds is 5. The molecular weight excluding hydrogens is 317 g/mol. The summed E-state index contributed by atoms with van der Waals surface area (Å²) in [6.07, 6.45) is 0. The van der Waals surface area contributed by atoms with Crippen LogP contribution in [0.2, 0.25) is 0 Å². The monoisotopic (exact) mass is 329 g/mol. The second-order valence-corrected chi connectivity index (χ2v) is 7.34. The van der Waals surface area contributed by atoms with Crippen LogP contribution >= 0.6 is 11.3 Å². The molecule has 112 valence electrons. The van der Waals surface area contributed by atoms with Crippen molar-refractivity contribution in [2.24, 2.45) is 0 Å². The Hall–Kier alpha value is -1.77. The minimum atomic E-state index is -3.82. The van der Waals surface area contributed by atoms with E-state index in [4.69, 9.17) is 5.11 Å². The van der Waals surface area contributed by atoms with Crippen LogP contribution in [0.15, 0.2) is 40.6 Å². The second kappa shape index (κ2) is 5.92. The Morgan fingerprint density at radius 2 is 1.86 bits per heavy atom. The Balaban J connectivity index is 2.20. The number of hydrogen-bond donors (Lipinski definition) is 2. The van der Waals surface area contributed by atoms with Crippen molar-refractivity contribution < 1.29 is 22.7 Å². The van der Waals surface area contributed by atoms with Gasteiger partial charge in [-0.25, -0.2) is 22.3 Å². The Bertz CT molecular complexity index is 753. The maximum atomic E-state index is 12.8. The fraction of sp³-hybridized carbons (Fsp3) is 0.154. The summed E-state index contributed by atoms with van der Waals surface area (Å²) in [6.45, 7) is 1.62. The third-order valence-corrected chi connectivity index (χ3v) is 5.86. The van der Waals surface area contributed by atoms with E-state index >= 15 is 0 Å². The molecule has 0 amide bonds. The highest BCUT2D eigenvalue weighted by Gasteiger charge is 2.21. The van der Waals surface area contributed by atoms with Gasteiger partial charge in [-0.15, -0.1) is 11.3 Å². The van der Waals surface area contributed by atoms with Crippen LogP contribution in [0.4, 0.5) is 4.39 Å². The highest BCUT2D eigenvalue weighted by Crippen LogP contribution is 2.23. The van der Waals surface area contributed by atoms with E-state index in [-0.39, 0.29) is 9.09 Å². The van der Waals surface area contributed by atoms with E-state index in [9.17, 15) is 17.6 Å². The van der Waals surface area contributed by atoms with Crippen molar-refractivity contribution in [2.45, 2.75) is 17.2 Å². The van der Waals surface area contributed by atoms with Gasteiger partial charge in [-0.2, -0.15) is 0 Å². The summed E-state index contributed by atoms with van der Waals surface area (Å²) in [7, 11) is -3.82. The van der Waals surface area contributed by atoms with Gasteiger partial charge in [-0.1, -0.05) is 12.1 Å². The van der Waals surface area contributed by atoms with Gasteiger partial charge in [0.15, 0.2) is 0 Å². The molecule has 0 radical (unpaired) electrons. The van der Waals surface area contributed by atoms with E-state index in [0.717, 1.165) is 0 Å². The lowest BCUT2D eigenvalue weighted by Crippen LogP contribution is -2.26. The molecule has 0 unspecified atom stereocenters. The van der Waals surface area contributed by atoms with Crippen molar-refractivity contribution in [1.29, 1.82) is 0 Å². The van der Waals surface area contributed by atoms with E-state index in [1.165, 1.54) is 36.4 Å². The van der Waals surface area contributed by atoms with Crippen molar-refractivity contribution in [1.82, 2.24) is 4.72 Å². The first-order valence-corrected chi connectivity index (χ1v) is 8.20. The first-order chi connectivity index (χ1) is 9.79. The highest BCUT2D eigenvalue weighted by molar-refractivity contribution is 7.91. The number of carboxylic acids is 1. The second-order valence-electron chi connectivity index (χ2n) is 4.32. The van der Waals surface area contributed by atoms with Crippen molar-refractivity contribution in [3.8, 4) is 0 Å². The number of nitrogens with one attached hydrogen (secondary N) is 1. The molecule has 0 aliphatic carbocycles. The van der Waals surface area contributed by atoms with Gasteiger partial charge in [0.25, 0.3) is 10.0 Å². The van der Waals surface area contributed by atoms with Gasteiger partial charge >= 0.3 is 5.97 Å². The van der Waals surface area contributed by atoms with Crippen molar-refractivity contribution in [3.05, 3.63) is 52.7 Å². The molecule has 0 spiro atoms. The van der Waals surface area contributed by atoms with Crippen LogP contribution in [-0.4, -0.2) is 19.5 Å². The van der Waals surface area contributed by atoms with Gasteiger partial charge < -0.3 is 5.11 Å². The van der Waals surface area contributed by atoms with Crippen LogP contribution in [0.25, 0.3) is 0 Å². The summed E-state index contributed by atoms with van der Waals surface area (Å²) >= 11 is 0.678. The lowest BCUT2D eigenvalue weighted by Gasteiger charge is -2.13. The molecule has 0 aliphatic heterocycles. The van der Waals surface area contributed by atoms with Crippen LogP contribution in [0.3, 0.4) is 0 Å². The normalized spacial score (nSPS) is 13.0. The van der Waals surface area contributed by atoms with Crippen molar-refractivity contribution in [3.63, 3.8) is 0 Å². The molecule has 1 heterocycles. The quantitative estimate of drug-likeness (QED) is 0.883. The molecule has 21 heavy (non-hydrogen) atoms. The first kappa shape index (κ1) is 15.6. The van der Waals surface area contributed by atoms with Crippen LogP contribution in [0.1, 0.15) is 28.2 Å². The van der Waals surface area contributed by atoms with E-state index in [2.05, 4.69) is 4.72 Å². The molecule has 0 aliphatic rings. The summed E-state index contributed by atoms with van der Waals surface area (Å²) in [6, 6.07) is 7.38. The number of hydrogen-bond acceptors (Lipinski definition) is 4. The number of halogens is 1. The molecular formula is C13H12FNO4S2. The van der Waals surface area contributed by atoms with Crippen LogP contribution in [-0.2, 0) is 10.0 Å². The predicted octanol–water partition coefficient (Wildman–Crippen LogP) is 2.62. The summed E-state index contributed by atoms with van der Waals surface area (Å²) in [4.78, 5) is 10.7. The van der Waals surface area contributed by atoms with Gasteiger partial charge in [0.05, 0.1) is 0 Å². The smallest absolute Gasteiger partial charge is 0.345 e. The van der Waals surface area contributed by atoms with E-state index in [0.29, 0.717) is 16.9 Å². The topological polar surface area (TPSA) is 83.5 Å². The first-order valence-electron chi connectivity index (χ1n) is 5.90. The Labute approximate surface area is 125 Å². The third kappa shape index (κ3) is 3.66. The van der Waals surface area contributed by atoms with Gasteiger partial charge in [0.1, 0.15) is 14.9 Å². The Morgan fingerprint density at radius 3 is 2.38 bits per heavy atom. The lowest BCUT2D eigenvalue weighted by atomic mass is 10.1. The minimum Gasteiger partial charge on any atom is -0.477 e. The van der Waals surface area contributed by atoms with E-state index in [1.807, 2.05) is 0 Å². The molecule has 5 nitrogen and oxygen atoms in total. The lowest BCUT2D eigenvalue weighted by molar-refractivity contribution is 0.0702. The third-order valence-electron chi connectivity index (χ3n) is 2.76. The summed E-state index contributed by atoms with van der Waals surface area (Å²) < 4.78 is 39.5. The van der Waals surface area contributed by atoms with Gasteiger partial charge in [-0.3, -0.25) is 0 Å². The summed E-state index contributed by atoms with van der Waals surface area (Å²) in [5.74, 6) is -1.58. The fourth-order valence-electron chi connectivity index (χ4n) is 1.69. The van der Waals surface area contributed by atoms with Crippen LogP contribution < -0.4 is 4.72 Å². The largest absolute Gasteiger partial charge is 0.477 e. The van der Waals surface area contributed by atoms with Crippen molar-refractivity contribution in [2.75, 3.05) is 0 Å². The Kier molecular flexibility index (Phi) is 4.40. The SMILES string of the molecule is C[C@@H](NS(=O)(=O)c1ccc(C(=O)O)s1)c1ccc(F)cc1. The molecule has 0 saturated carbocycles. The zero-order valence-electron chi connectivity index (χ0n) is 10.9. The maximum absolute atomic E-state index is 12.8. The van der Waals surface area contributed by atoms with Gasteiger partial charge in [-0.05, 0) is 36.8 Å². The molecule has 0 bridgehead atoms. The zero-order valence-corrected chi connectivity index (χ0v) is 12.5. The molecule has 2 aromatic rings. The number of aromatic carboxylic acids is 1. The maximum Gasteiger partial charge on any atom is 0.345 e. The molecule has 0 fully saturated rings. The number of benzene rings is 1. The molecule has 2 rings (SSSR count). The van der Waals surface area contributed by atoms with Gasteiger partial charge in [0, 0.05) is 6.04 Å². The molecule has 1 aromatic heterocycles. The molecule has 1 atom stereocenters. The molecule has 1 aromatic carbocycles. The number of sulfonamides is 1. The number of carboxylic acid groups (broad SMARTS) is 1. The Morgan fingerprint density at radius 1 is 1.24 bits per heavy atom. The molecule has 2 N–H and O–H groups in total. The minimum absolute atomic E-state index is 0.0511. The average Bonchev–Trinajstić information content (AvgIpc) is 2.89. The van der Waals surface area contributed by atoms with Crippen molar-refractivity contribution >= 4 is 27.3 Å². The standard InChI is InChI=1S/C13H12FNO4S2/c1-8(9-2-4-10(14)5-3-9)15-21(18,19)12-7-6-11(20-12)13(16)17/h2-8,15H,1H3,(H,16,17)/t8-/m1/s1. The van der Waals surface area contributed by atoms with Crippen LogP contribution in [0.5, 0.6) is 0 Å². The fourth-order valence-corrected chi connectivity index (χ4v) is 4.08. The number of carbonyl (C=O) groups is 1. The van der Waals surface area contributed by atoms with E-state index < -0.39 is 27.9 Å². The highest BCUT2D eigenvalue weighted by atomic mass is 32.2. The summed E-state index contributed by atoms with van der Waals surface area (Å²) in [5.41, 5.74) is 0.606. The van der Waals surface area contributed by atoms with Crippen LogP contribution in [0, 0.1) is 5.82 Å².